The van der Waals surface area contributed by atoms with Crippen molar-refractivity contribution in [1.82, 2.24) is 10.1 Å². The van der Waals surface area contributed by atoms with Gasteiger partial charge in [-0.05, 0) is 31.0 Å². The smallest absolute Gasteiger partial charge is 0.223 e. The molecule has 0 aliphatic heterocycles. The molecule has 6 nitrogen and oxygen atoms in total. The molecule has 2 aromatic rings. The Hall–Kier alpha value is -1.79. The molecule has 1 aromatic carbocycles. The van der Waals surface area contributed by atoms with Crippen LogP contribution in [-0.2, 0) is 13.0 Å². The summed E-state index contributed by atoms with van der Waals surface area (Å²) in [4.78, 5) is 4.06. The highest BCUT2D eigenvalue weighted by Crippen LogP contribution is 2.37. The van der Waals surface area contributed by atoms with Gasteiger partial charge in [0.1, 0.15) is 0 Å². The Bertz CT molecular complexity index is 614. The Morgan fingerprint density at radius 1 is 1.43 bits per heavy atom. The zero-order chi connectivity index (χ0) is 15.4. The number of ether oxygens (including phenoxy) is 2. The molecule has 7 heteroatoms. The van der Waals surface area contributed by atoms with Gasteiger partial charge in [-0.2, -0.15) is 4.98 Å². The van der Waals surface area contributed by atoms with Crippen LogP contribution in [0.2, 0.25) is 5.02 Å². The van der Waals surface area contributed by atoms with Crippen molar-refractivity contribution in [1.29, 1.82) is 0 Å². The monoisotopic (exact) mass is 311 g/mol. The summed E-state index contributed by atoms with van der Waals surface area (Å²) in [5, 5.41) is 4.22. The van der Waals surface area contributed by atoms with Crippen LogP contribution in [0.3, 0.4) is 0 Å². The first-order chi connectivity index (χ1) is 9.99. The maximum Gasteiger partial charge on any atom is 0.223 e. The number of aromatic nitrogens is 2. The summed E-state index contributed by atoms with van der Waals surface area (Å²) in [7, 11) is 1.56. The van der Waals surface area contributed by atoms with E-state index in [1.807, 2.05) is 19.1 Å². The Morgan fingerprint density at radius 2 is 2.19 bits per heavy atom. The number of rotatable bonds is 6. The first kappa shape index (κ1) is 15.6. The van der Waals surface area contributed by atoms with Gasteiger partial charge in [0, 0.05) is 13.0 Å². The van der Waals surface area contributed by atoms with E-state index in [0.29, 0.717) is 34.7 Å². The van der Waals surface area contributed by atoms with Crippen molar-refractivity contribution >= 4 is 11.6 Å². The predicted octanol–water partition coefficient (Wildman–Crippen LogP) is 2.51. The predicted molar refractivity (Wildman–Crippen MR) is 78.7 cm³/mol. The molecule has 0 saturated carbocycles. The molecule has 1 unspecified atom stereocenters. The number of hydrogen-bond donors (Lipinski definition) is 1. The fraction of sp³-hybridized carbons (Fsp3) is 0.429. The Labute approximate surface area is 128 Å². The molecule has 0 amide bonds. The highest BCUT2D eigenvalue weighted by Gasteiger charge is 2.14. The Kier molecular flexibility index (Phi) is 5.03. The van der Waals surface area contributed by atoms with Gasteiger partial charge < -0.3 is 19.7 Å². The van der Waals surface area contributed by atoms with E-state index in [1.54, 1.807) is 14.0 Å². The minimum absolute atomic E-state index is 0.0415. The van der Waals surface area contributed by atoms with E-state index >= 15 is 0 Å². The van der Waals surface area contributed by atoms with E-state index < -0.39 is 0 Å². The first-order valence-electron chi connectivity index (χ1n) is 6.53. The van der Waals surface area contributed by atoms with Gasteiger partial charge in [0.2, 0.25) is 11.7 Å². The summed E-state index contributed by atoms with van der Waals surface area (Å²) in [5.41, 5.74) is 6.79. The molecule has 0 bridgehead atoms. The Balaban J connectivity index is 2.18. The number of aryl methyl sites for hydroxylation is 1. The van der Waals surface area contributed by atoms with Crippen LogP contribution in [0.15, 0.2) is 16.7 Å². The summed E-state index contributed by atoms with van der Waals surface area (Å²) in [5.74, 6) is 1.94. The number of hydrogen-bond acceptors (Lipinski definition) is 6. The fourth-order valence-corrected chi connectivity index (χ4v) is 2.23. The molecule has 1 heterocycles. The third-order valence-electron chi connectivity index (χ3n) is 2.76. The quantitative estimate of drug-likeness (QED) is 0.882. The molecule has 1 aromatic heterocycles. The van der Waals surface area contributed by atoms with E-state index in [4.69, 9.17) is 31.3 Å². The molecule has 0 spiro atoms. The summed E-state index contributed by atoms with van der Waals surface area (Å²) in [6.45, 7) is 3.80. The van der Waals surface area contributed by atoms with Gasteiger partial charge >= 0.3 is 0 Å². The lowest BCUT2D eigenvalue weighted by Crippen LogP contribution is -2.17. The Morgan fingerprint density at radius 3 is 2.76 bits per heavy atom. The van der Waals surface area contributed by atoms with Crippen molar-refractivity contribution in [2.75, 3.05) is 7.11 Å². The van der Waals surface area contributed by atoms with Gasteiger partial charge in [-0.15, -0.1) is 0 Å². The van der Waals surface area contributed by atoms with Crippen LogP contribution >= 0.6 is 11.6 Å². The number of methoxy groups -OCH3 is 1. The first-order valence-corrected chi connectivity index (χ1v) is 6.91. The van der Waals surface area contributed by atoms with E-state index in [9.17, 15) is 0 Å². The van der Waals surface area contributed by atoms with Crippen LogP contribution < -0.4 is 15.2 Å². The highest BCUT2D eigenvalue weighted by molar-refractivity contribution is 6.32. The lowest BCUT2D eigenvalue weighted by Gasteiger charge is -2.14. The van der Waals surface area contributed by atoms with Gasteiger partial charge in [-0.3, -0.25) is 0 Å². The van der Waals surface area contributed by atoms with Crippen molar-refractivity contribution in [3.8, 4) is 11.5 Å². The molecule has 2 rings (SSSR count). The third kappa shape index (κ3) is 4.09. The minimum atomic E-state index is 0.0415. The van der Waals surface area contributed by atoms with Gasteiger partial charge in [0.15, 0.2) is 18.1 Å². The molecule has 21 heavy (non-hydrogen) atoms. The van der Waals surface area contributed by atoms with Crippen molar-refractivity contribution in [2.45, 2.75) is 32.9 Å². The zero-order valence-electron chi connectivity index (χ0n) is 12.2. The maximum absolute atomic E-state index is 6.26. The van der Waals surface area contributed by atoms with Crippen molar-refractivity contribution in [3.05, 3.63) is 34.4 Å². The summed E-state index contributed by atoms with van der Waals surface area (Å²) < 4.78 is 15.9. The van der Waals surface area contributed by atoms with Crippen molar-refractivity contribution < 1.29 is 14.0 Å². The maximum atomic E-state index is 6.26. The second-order valence-corrected chi connectivity index (χ2v) is 5.22. The van der Waals surface area contributed by atoms with Gasteiger partial charge in [-0.25, -0.2) is 0 Å². The highest BCUT2D eigenvalue weighted by atomic mass is 35.5. The molecular weight excluding hydrogens is 294 g/mol. The SMILES string of the molecule is COc1cc(CC(C)N)cc(Cl)c1OCc1noc(C)n1. The number of halogens is 1. The van der Waals surface area contributed by atoms with Crippen LogP contribution in [-0.4, -0.2) is 23.3 Å². The molecule has 0 saturated heterocycles. The molecule has 2 N–H and O–H groups in total. The number of nitrogens with zero attached hydrogens (tertiary/aromatic N) is 2. The molecule has 114 valence electrons. The topological polar surface area (TPSA) is 83.4 Å². The number of nitrogens with two attached hydrogens (primary N) is 1. The summed E-state index contributed by atoms with van der Waals surface area (Å²) >= 11 is 6.26. The second-order valence-electron chi connectivity index (χ2n) is 4.81. The van der Waals surface area contributed by atoms with Crippen LogP contribution in [0, 0.1) is 6.92 Å². The van der Waals surface area contributed by atoms with E-state index in [0.717, 1.165) is 5.56 Å². The van der Waals surface area contributed by atoms with Crippen LogP contribution in [0.25, 0.3) is 0 Å². The van der Waals surface area contributed by atoms with E-state index in [1.165, 1.54) is 0 Å². The van der Waals surface area contributed by atoms with Crippen molar-refractivity contribution in [3.63, 3.8) is 0 Å². The molecule has 0 aliphatic carbocycles. The minimum Gasteiger partial charge on any atom is -0.493 e. The van der Waals surface area contributed by atoms with Crippen LogP contribution in [0.1, 0.15) is 24.2 Å². The molecule has 0 radical (unpaired) electrons. The molecule has 1 atom stereocenters. The third-order valence-corrected chi connectivity index (χ3v) is 3.04. The summed E-state index contributed by atoms with van der Waals surface area (Å²) in [6.07, 6.45) is 0.709. The average Bonchev–Trinajstić information content (AvgIpc) is 2.82. The average molecular weight is 312 g/mol. The standard InChI is InChI=1S/C14H18ClN3O3/c1-8(16)4-10-5-11(15)14(12(6-10)19-3)20-7-13-17-9(2)21-18-13/h5-6,8H,4,7,16H2,1-3H3. The summed E-state index contributed by atoms with van der Waals surface area (Å²) in [6, 6.07) is 3.73. The van der Waals surface area contributed by atoms with E-state index in [2.05, 4.69) is 10.1 Å². The van der Waals surface area contributed by atoms with Crippen LogP contribution in [0.4, 0.5) is 0 Å². The number of benzene rings is 1. The molecule has 0 fully saturated rings. The zero-order valence-corrected chi connectivity index (χ0v) is 13.0. The second kappa shape index (κ2) is 6.78. The van der Waals surface area contributed by atoms with Gasteiger partial charge in [0.25, 0.3) is 0 Å². The normalized spacial score (nSPS) is 12.2. The van der Waals surface area contributed by atoms with Crippen LogP contribution in [0.5, 0.6) is 11.5 Å². The van der Waals surface area contributed by atoms with Crippen molar-refractivity contribution in [2.24, 2.45) is 5.73 Å². The van der Waals surface area contributed by atoms with Gasteiger partial charge in [-0.1, -0.05) is 16.8 Å². The van der Waals surface area contributed by atoms with E-state index in [-0.39, 0.29) is 12.6 Å². The lowest BCUT2D eigenvalue weighted by molar-refractivity contribution is 0.269. The largest absolute Gasteiger partial charge is 0.493 e. The fourth-order valence-electron chi connectivity index (χ4n) is 1.94. The van der Waals surface area contributed by atoms with Gasteiger partial charge in [0.05, 0.1) is 12.1 Å². The molecular formula is C14H18ClN3O3. The molecule has 0 aliphatic rings. The lowest BCUT2D eigenvalue weighted by atomic mass is 10.1.